The number of ether oxygens (including phenoxy) is 1. The average molecular weight is 325 g/mol. The summed E-state index contributed by atoms with van der Waals surface area (Å²) in [6.45, 7) is 3.92. The van der Waals surface area contributed by atoms with E-state index < -0.39 is 5.54 Å². The summed E-state index contributed by atoms with van der Waals surface area (Å²) in [5.74, 6) is 1.56. The summed E-state index contributed by atoms with van der Waals surface area (Å²) in [7, 11) is 0. The summed E-state index contributed by atoms with van der Waals surface area (Å²) in [6.07, 6.45) is 5.72. The van der Waals surface area contributed by atoms with Crippen LogP contribution in [0, 0.1) is 0 Å². The van der Waals surface area contributed by atoms with E-state index in [4.69, 9.17) is 15.0 Å². The van der Waals surface area contributed by atoms with Gasteiger partial charge in [-0.05, 0) is 38.8 Å². The van der Waals surface area contributed by atoms with Crippen molar-refractivity contribution in [3.63, 3.8) is 0 Å². The quantitative estimate of drug-likeness (QED) is 0.930. The van der Waals surface area contributed by atoms with Gasteiger partial charge in [-0.1, -0.05) is 18.0 Å². The second-order valence-corrected chi connectivity index (χ2v) is 5.80. The van der Waals surface area contributed by atoms with Gasteiger partial charge in [0.05, 0.1) is 11.6 Å². The molecule has 1 fully saturated rings. The summed E-state index contributed by atoms with van der Waals surface area (Å²) >= 11 is 0. The minimum absolute atomic E-state index is 0. The minimum atomic E-state index is -0.463. The molecule has 0 aromatic carbocycles. The molecule has 2 aromatic heterocycles. The molecule has 0 atom stereocenters. The van der Waals surface area contributed by atoms with E-state index in [1.54, 1.807) is 6.20 Å². The first kappa shape index (κ1) is 16.7. The Kier molecular flexibility index (Phi) is 5.03. The molecular formula is C15H21ClN4O2. The number of hydrogen-bond donors (Lipinski definition) is 1. The number of halogens is 1. The summed E-state index contributed by atoms with van der Waals surface area (Å²) in [6, 6.07) is 3.67. The monoisotopic (exact) mass is 324 g/mol. The number of nitrogens with two attached hydrogens (primary N) is 1. The number of rotatable bonds is 4. The molecule has 2 heterocycles. The van der Waals surface area contributed by atoms with Crippen LogP contribution in [0.2, 0.25) is 0 Å². The van der Waals surface area contributed by atoms with Crippen molar-refractivity contribution in [2.45, 2.75) is 51.2 Å². The van der Waals surface area contributed by atoms with Crippen LogP contribution in [0.3, 0.4) is 0 Å². The normalized spacial score (nSPS) is 16.5. The summed E-state index contributed by atoms with van der Waals surface area (Å²) in [5, 5.41) is 4.06. The fourth-order valence-corrected chi connectivity index (χ4v) is 2.65. The van der Waals surface area contributed by atoms with E-state index in [-0.39, 0.29) is 18.5 Å². The number of nitrogens with zero attached hydrogens (tertiary/aromatic N) is 3. The predicted octanol–water partition coefficient (Wildman–Crippen LogP) is 3.07. The van der Waals surface area contributed by atoms with Crippen molar-refractivity contribution in [1.82, 2.24) is 15.1 Å². The molecule has 0 radical (unpaired) electrons. The third kappa shape index (κ3) is 3.23. The molecule has 2 N–H and O–H groups in total. The highest BCUT2D eigenvalue weighted by Gasteiger charge is 2.36. The molecule has 120 valence electrons. The van der Waals surface area contributed by atoms with Gasteiger partial charge in [0.15, 0.2) is 17.3 Å². The Morgan fingerprint density at radius 2 is 2.05 bits per heavy atom. The predicted molar refractivity (Wildman–Crippen MR) is 84.9 cm³/mol. The van der Waals surface area contributed by atoms with Gasteiger partial charge in [0.25, 0.3) is 5.89 Å². The van der Waals surface area contributed by atoms with E-state index in [1.807, 2.05) is 26.0 Å². The topological polar surface area (TPSA) is 87.1 Å². The standard InChI is InChI=1S/C15H20N4O2.ClH/c1-10(2)20-11-6-5-9-17-12(11)13-18-14(19-21-13)15(16)7-3-4-8-15;/h5-6,9-10H,3-4,7-8,16H2,1-2H3;1H. The van der Waals surface area contributed by atoms with Crippen LogP contribution in [0.1, 0.15) is 45.4 Å². The summed E-state index contributed by atoms with van der Waals surface area (Å²) < 4.78 is 11.1. The number of hydrogen-bond acceptors (Lipinski definition) is 6. The lowest BCUT2D eigenvalue weighted by atomic mass is 9.99. The Hall–Kier alpha value is -1.66. The van der Waals surface area contributed by atoms with E-state index in [0.717, 1.165) is 25.7 Å². The molecule has 0 aliphatic heterocycles. The van der Waals surface area contributed by atoms with Crippen LogP contribution in [0.4, 0.5) is 0 Å². The lowest BCUT2D eigenvalue weighted by Crippen LogP contribution is -2.34. The van der Waals surface area contributed by atoms with Gasteiger partial charge >= 0.3 is 0 Å². The molecule has 0 saturated heterocycles. The molecule has 0 amide bonds. The van der Waals surface area contributed by atoms with E-state index in [9.17, 15) is 0 Å². The lowest BCUT2D eigenvalue weighted by molar-refractivity contribution is 0.242. The van der Waals surface area contributed by atoms with Crippen LogP contribution in [-0.2, 0) is 5.54 Å². The molecule has 1 aliphatic rings. The number of pyridine rings is 1. The number of aromatic nitrogens is 3. The first-order chi connectivity index (χ1) is 10.1. The zero-order chi connectivity index (χ0) is 14.9. The van der Waals surface area contributed by atoms with Crippen molar-refractivity contribution < 1.29 is 9.26 Å². The average Bonchev–Trinajstić information content (AvgIpc) is 3.08. The molecular weight excluding hydrogens is 304 g/mol. The first-order valence-corrected chi connectivity index (χ1v) is 7.33. The van der Waals surface area contributed by atoms with E-state index >= 15 is 0 Å². The Morgan fingerprint density at radius 3 is 2.73 bits per heavy atom. The zero-order valence-electron chi connectivity index (χ0n) is 12.8. The SMILES string of the molecule is CC(C)Oc1cccnc1-c1nc(C2(N)CCCC2)no1.Cl. The van der Waals surface area contributed by atoms with E-state index in [1.165, 1.54) is 0 Å². The van der Waals surface area contributed by atoms with Crippen molar-refractivity contribution >= 4 is 12.4 Å². The molecule has 2 aromatic rings. The van der Waals surface area contributed by atoms with Crippen LogP contribution in [0.15, 0.2) is 22.9 Å². The van der Waals surface area contributed by atoms with Gasteiger partial charge in [-0.3, -0.25) is 0 Å². The molecule has 0 spiro atoms. The van der Waals surface area contributed by atoms with Crippen molar-refractivity contribution in [3.8, 4) is 17.3 Å². The smallest absolute Gasteiger partial charge is 0.280 e. The second kappa shape index (κ2) is 6.62. The Bertz CT molecular complexity index is 624. The van der Waals surface area contributed by atoms with Gasteiger partial charge in [-0.25, -0.2) is 4.98 Å². The zero-order valence-corrected chi connectivity index (χ0v) is 13.6. The van der Waals surface area contributed by atoms with Gasteiger partial charge in [0.2, 0.25) is 0 Å². The summed E-state index contributed by atoms with van der Waals surface area (Å²) in [5.41, 5.74) is 6.45. The molecule has 0 bridgehead atoms. The van der Waals surface area contributed by atoms with Gasteiger partial charge in [-0.2, -0.15) is 4.98 Å². The van der Waals surface area contributed by atoms with Crippen LogP contribution in [-0.4, -0.2) is 21.2 Å². The molecule has 1 aliphatic carbocycles. The van der Waals surface area contributed by atoms with E-state index in [2.05, 4.69) is 15.1 Å². The highest BCUT2D eigenvalue weighted by Crippen LogP contribution is 2.36. The van der Waals surface area contributed by atoms with Gasteiger partial charge in [-0.15, -0.1) is 12.4 Å². The molecule has 6 nitrogen and oxygen atoms in total. The Balaban J connectivity index is 0.00000176. The largest absolute Gasteiger partial charge is 0.489 e. The highest BCUT2D eigenvalue weighted by molar-refractivity contribution is 5.85. The summed E-state index contributed by atoms with van der Waals surface area (Å²) in [4.78, 5) is 8.76. The van der Waals surface area contributed by atoms with Crippen molar-refractivity contribution in [3.05, 3.63) is 24.2 Å². The van der Waals surface area contributed by atoms with Crippen LogP contribution in [0.25, 0.3) is 11.6 Å². The molecule has 3 rings (SSSR count). The van der Waals surface area contributed by atoms with Gasteiger partial charge in [0, 0.05) is 6.20 Å². The minimum Gasteiger partial charge on any atom is -0.489 e. The maximum Gasteiger partial charge on any atom is 0.280 e. The highest BCUT2D eigenvalue weighted by atomic mass is 35.5. The third-order valence-electron chi connectivity index (χ3n) is 3.70. The lowest BCUT2D eigenvalue weighted by Gasteiger charge is -2.17. The third-order valence-corrected chi connectivity index (χ3v) is 3.70. The van der Waals surface area contributed by atoms with Crippen molar-refractivity contribution in [2.75, 3.05) is 0 Å². The fraction of sp³-hybridized carbons (Fsp3) is 0.533. The van der Waals surface area contributed by atoms with Crippen molar-refractivity contribution in [2.24, 2.45) is 5.73 Å². The first-order valence-electron chi connectivity index (χ1n) is 7.33. The Labute approximate surface area is 135 Å². The van der Waals surface area contributed by atoms with Gasteiger partial charge < -0.3 is 15.0 Å². The Morgan fingerprint density at radius 1 is 1.32 bits per heavy atom. The molecule has 1 saturated carbocycles. The van der Waals surface area contributed by atoms with Crippen LogP contribution < -0.4 is 10.5 Å². The van der Waals surface area contributed by atoms with Gasteiger partial charge in [0.1, 0.15) is 0 Å². The molecule has 0 unspecified atom stereocenters. The second-order valence-electron chi connectivity index (χ2n) is 5.80. The molecule has 7 heteroatoms. The fourth-order valence-electron chi connectivity index (χ4n) is 2.65. The van der Waals surface area contributed by atoms with Crippen molar-refractivity contribution in [1.29, 1.82) is 0 Å². The molecule has 22 heavy (non-hydrogen) atoms. The van der Waals surface area contributed by atoms with Crippen LogP contribution in [0.5, 0.6) is 5.75 Å². The van der Waals surface area contributed by atoms with E-state index in [0.29, 0.717) is 23.2 Å². The maximum atomic E-state index is 6.35. The van der Waals surface area contributed by atoms with Crippen LogP contribution >= 0.6 is 12.4 Å². The maximum absolute atomic E-state index is 6.35.